The second-order valence-electron chi connectivity index (χ2n) is 6.15. The fraction of sp³-hybridized carbons (Fsp3) is 0.333. The van der Waals surface area contributed by atoms with Crippen molar-refractivity contribution >= 4 is 22.5 Å². The Bertz CT molecular complexity index is 817. The van der Waals surface area contributed by atoms with Crippen molar-refractivity contribution in [3.63, 3.8) is 0 Å². The van der Waals surface area contributed by atoms with Gasteiger partial charge in [-0.3, -0.25) is 0 Å². The molecule has 1 saturated heterocycles. The van der Waals surface area contributed by atoms with E-state index in [2.05, 4.69) is 43.1 Å². The number of rotatable bonds is 3. The number of likely N-dealkylation sites (N-methyl/N-ethyl adjacent to an activating group) is 1. The van der Waals surface area contributed by atoms with Gasteiger partial charge in [0.2, 0.25) is 0 Å². The summed E-state index contributed by atoms with van der Waals surface area (Å²) in [5, 5.41) is 9.35. The SMILES string of the molecule is CN(c1ncnc2ccccc12)[C@H]1CCCN(c2cccnn2)C1. The summed E-state index contributed by atoms with van der Waals surface area (Å²) in [6.45, 7) is 1.95. The van der Waals surface area contributed by atoms with Crippen LogP contribution in [0.1, 0.15) is 12.8 Å². The van der Waals surface area contributed by atoms with E-state index in [1.54, 1.807) is 12.5 Å². The minimum atomic E-state index is 0.388. The summed E-state index contributed by atoms with van der Waals surface area (Å²) in [6.07, 6.45) is 5.64. The molecule has 6 nitrogen and oxygen atoms in total. The van der Waals surface area contributed by atoms with Crippen molar-refractivity contribution in [2.24, 2.45) is 0 Å². The lowest BCUT2D eigenvalue weighted by molar-refractivity contribution is 0.483. The normalized spacial score (nSPS) is 17.9. The average molecular weight is 320 g/mol. The first kappa shape index (κ1) is 14.8. The Morgan fingerprint density at radius 2 is 2.04 bits per heavy atom. The molecule has 0 N–H and O–H groups in total. The number of hydrogen-bond acceptors (Lipinski definition) is 6. The second kappa shape index (κ2) is 6.39. The number of piperidine rings is 1. The molecule has 0 unspecified atom stereocenters. The molecule has 3 heterocycles. The van der Waals surface area contributed by atoms with Crippen LogP contribution in [0.4, 0.5) is 11.6 Å². The first-order valence-electron chi connectivity index (χ1n) is 8.28. The van der Waals surface area contributed by atoms with Crippen molar-refractivity contribution in [1.29, 1.82) is 0 Å². The Balaban J connectivity index is 1.60. The molecule has 0 radical (unpaired) electrons. The third-order valence-electron chi connectivity index (χ3n) is 4.68. The fourth-order valence-electron chi connectivity index (χ4n) is 3.39. The third-order valence-corrected chi connectivity index (χ3v) is 4.68. The minimum absolute atomic E-state index is 0.388. The van der Waals surface area contributed by atoms with Crippen molar-refractivity contribution in [2.45, 2.75) is 18.9 Å². The lowest BCUT2D eigenvalue weighted by Gasteiger charge is -2.38. The maximum atomic E-state index is 4.55. The molecule has 6 heteroatoms. The Morgan fingerprint density at radius 1 is 1.12 bits per heavy atom. The summed E-state index contributed by atoms with van der Waals surface area (Å²) < 4.78 is 0. The van der Waals surface area contributed by atoms with Gasteiger partial charge in [-0.05, 0) is 37.1 Å². The predicted molar refractivity (Wildman–Crippen MR) is 95.2 cm³/mol. The van der Waals surface area contributed by atoms with E-state index in [9.17, 15) is 0 Å². The van der Waals surface area contributed by atoms with Crippen molar-refractivity contribution in [3.8, 4) is 0 Å². The first-order valence-corrected chi connectivity index (χ1v) is 8.28. The van der Waals surface area contributed by atoms with Crippen molar-refractivity contribution in [1.82, 2.24) is 20.2 Å². The van der Waals surface area contributed by atoms with E-state index in [0.29, 0.717) is 6.04 Å². The Morgan fingerprint density at radius 3 is 2.92 bits per heavy atom. The number of para-hydroxylation sites is 1. The molecule has 0 aliphatic carbocycles. The number of fused-ring (bicyclic) bond motifs is 1. The van der Waals surface area contributed by atoms with Gasteiger partial charge in [-0.2, -0.15) is 5.10 Å². The Labute approximate surface area is 141 Å². The van der Waals surface area contributed by atoms with E-state index in [1.165, 1.54) is 0 Å². The van der Waals surface area contributed by atoms with Gasteiger partial charge in [0.15, 0.2) is 5.82 Å². The summed E-state index contributed by atoms with van der Waals surface area (Å²) in [6, 6.07) is 12.5. The molecule has 1 atom stereocenters. The number of hydrogen-bond donors (Lipinski definition) is 0. The van der Waals surface area contributed by atoms with Crippen LogP contribution in [0.5, 0.6) is 0 Å². The van der Waals surface area contributed by atoms with Crippen LogP contribution in [-0.2, 0) is 0 Å². The molecule has 3 aromatic rings. The van der Waals surface area contributed by atoms with Crippen molar-refractivity contribution in [2.75, 3.05) is 29.9 Å². The van der Waals surface area contributed by atoms with Crippen LogP contribution in [-0.4, -0.2) is 46.3 Å². The summed E-state index contributed by atoms with van der Waals surface area (Å²) >= 11 is 0. The lowest BCUT2D eigenvalue weighted by Crippen LogP contribution is -2.47. The quantitative estimate of drug-likeness (QED) is 0.739. The largest absolute Gasteiger partial charge is 0.354 e. The van der Waals surface area contributed by atoms with Gasteiger partial charge in [0.05, 0.1) is 5.52 Å². The van der Waals surface area contributed by atoms with Gasteiger partial charge in [0.25, 0.3) is 0 Å². The number of nitrogens with zero attached hydrogens (tertiary/aromatic N) is 6. The van der Waals surface area contributed by atoms with Gasteiger partial charge in [0.1, 0.15) is 12.1 Å². The van der Waals surface area contributed by atoms with E-state index in [-0.39, 0.29) is 0 Å². The predicted octanol–water partition coefficient (Wildman–Crippen LogP) is 2.53. The molecule has 1 aromatic carbocycles. The molecule has 0 spiro atoms. The molecule has 0 amide bonds. The monoisotopic (exact) mass is 320 g/mol. The van der Waals surface area contributed by atoms with Gasteiger partial charge >= 0.3 is 0 Å². The summed E-state index contributed by atoms with van der Waals surface area (Å²) in [7, 11) is 2.12. The van der Waals surface area contributed by atoms with Gasteiger partial charge in [-0.1, -0.05) is 12.1 Å². The summed E-state index contributed by atoms with van der Waals surface area (Å²) in [4.78, 5) is 13.5. The van der Waals surface area contributed by atoms with Gasteiger partial charge in [-0.25, -0.2) is 9.97 Å². The van der Waals surface area contributed by atoms with Crippen LogP contribution in [0, 0.1) is 0 Å². The summed E-state index contributed by atoms with van der Waals surface area (Å²) in [5.41, 5.74) is 0.982. The Hall–Kier alpha value is -2.76. The highest BCUT2D eigenvalue weighted by Crippen LogP contribution is 2.27. The Kier molecular flexibility index (Phi) is 3.94. The molecule has 0 saturated carbocycles. The molecular formula is C18H20N6. The highest BCUT2D eigenvalue weighted by atomic mass is 15.3. The van der Waals surface area contributed by atoms with Crippen molar-refractivity contribution in [3.05, 3.63) is 48.9 Å². The maximum Gasteiger partial charge on any atom is 0.151 e. The van der Waals surface area contributed by atoms with Crippen LogP contribution in [0.3, 0.4) is 0 Å². The topological polar surface area (TPSA) is 58.0 Å². The van der Waals surface area contributed by atoms with Crippen LogP contribution >= 0.6 is 0 Å². The third kappa shape index (κ3) is 2.75. The van der Waals surface area contributed by atoms with Crippen LogP contribution in [0.15, 0.2) is 48.9 Å². The molecular weight excluding hydrogens is 300 g/mol. The molecule has 0 bridgehead atoms. The molecule has 122 valence electrons. The van der Waals surface area contributed by atoms with E-state index in [1.807, 2.05) is 30.3 Å². The van der Waals surface area contributed by atoms with Crippen LogP contribution in [0.25, 0.3) is 10.9 Å². The standard InChI is InChI=1S/C18H20N6/c1-23(18-15-7-2-3-8-16(15)19-13-20-18)14-6-5-11-24(12-14)17-9-4-10-21-22-17/h2-4,7-10,13-14H,5-6,11-12H2,1H3/t14-/m0/s1. The van der Waals surface area contributed by atoms with Gasteiger partial charge < -0.3 is 9.80 Å². The van der Waals surface area contributed by atoms with E-state index in [4.69, 9.17) is 0 Å². The number of benzene rings is 1. The molecule has 1 aliphatic heterocycles. The van der Waals surface area contributed by atoms with Crippen LogP contribution < -0.4 is 9.80 Å². The van der Waals surface area contributed by atoms with E-state index in [0.717, 1.165) is 48.5 Å². The highest BCUT2D eigenvalue weighted by Gasteiger charge is 2.25. The first-order chi connectivity index (χ1) is 11.8. The highest BCUT2D eigenvalue weighted by molar-refractivity contribution is 5.89. The number of anilines is 2. The smallest absolute Gasteiger partial charge is 0.151 e. The second-order valence-corrected chi connectivity index (χ2v) is 6.15. The zero-order valence-electron chi connectivity index (χ0n) is 13.7. The molecule has 1 aliphatic rings. The van der Waals surface area contributed by atoms with Gasteiger partial charge in [-0.15, -0.1) is 5.10 Å². The molecule has 24 heavy (non-hydrogen) atoms. The minimum Gasteiger partial charge on any atom is -0.354 e. The maximum absolute atomic E-state index is 4.55. The summed E-state index contributed by atoms with van der Waals surface area (Å²) in [5.74, 6) is 1.94. The zero-order valence-corrected chi connectivity index (χ0v) is 13.7. The van der Waals surface area contributed by atoms with Crippen molar-refractivity contribution < 1.29 is 0 Å². The fourth-order valence-corrected chi connectivity index (χ4v) is 3.39. The number of aromatic nitrogens is 4. The molecule has 4 rings (SSSR count). The molecule has 1 fully saturated rings. The van der Waals surface area contributed by atoms with Crippen LogP contribution in [0.2, 0.25) is 0 Å². The average Bonchev–Trinajstić information content (AvgIpc) is 2.68. The zero-order chi connectivity index (χ0) is 16.4. The van der Waals surface area contributed by atoms with E-state index < -0.39 is 0 Å². The lowest BCUT2D eigenvalue weighted by atomic mass is 10.0. The van der Waals surface area contributed by atoms with Gasteiger partial charge in [0, 0.05) is 37.8 Å². The molecule has 2 aromatic heterocycles. The van der Waals surface area contributed by atoms with E-state index >= 15 is 0 Å².